The van der Waals surface area contributed by atoms with Crippen molar-refractivity contribution in [2.75, 3.05) is 6.54 Å². The van der Waals surface area contributed by atoms with Crippen LogP contribution in [0.2, 0.25) is 0 Å². The lowest BCUT2D eigenvalue weighted by atomic mass is 9.59. The molecule has 12 nitrogen and oxygen atoms in total. The van der Waals surface area contributed by atoms with Crippen molar-refractivity contribution in [3.63, 3.8) is 0 Å². The number of esters is 2. The summed E-state index contributed by atoms with van der Waals surface area (Å²) in [4.78, 5) is 88.6. The van der Waals surface area contributed by atoms with Crippen LogP contribution in [0.5, 0.6) is 0 Å². The number of amides is 2. The van der Waals surface area contributed by atoms with Crippen LogP contribution in [-0.2, 0) is 47.9 Å². The maximum atomic E-state index is 14.5. The lowest BCUT2D eigenvalue weighted by Gasteiger charge is -2.52. The first-order valence-corrected chi connectivity index (χ1v) is 13.9. The molecule has 0 aromatic carbocycles. The molecule has 0 aromatic heterocycles. The monoisotopic (exact) mass is 586 g/mol. The van der Waals surface area contributed by atoms with Crippen LogP contribution in [0.3, 0.4) is 0 Å². The van der Waals surface area contributed by atoms with Crippen LogP contribution in [-0.4, -0.2) is 63.7 Å². The Hall–Kier alpha value is -4.22. The molecule has 4 atom stereocenters. The molecule has 0 bridgehead atoms. The highest BCUT2D eigenvalue weighted by Crippen LogP contribution is 2.64. The summed E-state index contributed by atoms with van der Waals surface area (Å²) < 4.78 is 12.0. The number of hydroxylamine groups is 4. The molecule has 0 radical (unpaired) electrons. The van der Waals surface area contributed by atoms with Crippen LogP contribution in [0, 0.1) is 23.2 Å². The zero-order chi connectivity index (χ0) is 31.6. The molecule has 0 spiro atoms. The molecule has 0 aromatic rings. The second-order valence-corrected chi connectivity index (χ2v) is 11.0. The van der Waals surface area contributed by atoms with E-state index in [9.17, 15) is 28.8 Å². The Morgan fingerprint density at radius 1 is 1.00 bits per heavy atom. The van der Waals surface area contributed by atoms with E-state index in [-0.39, 0.29) is 25.3 Å². The van der Waals surface area contributed by atoms with Gasteiger partial charge < -0.3 is 19.1 Å². The van der Waals surface area contributed by atoms with Gasteiger partial charge in [-0.2, -0.15) is 5.06 Å². The zero-order valence-corrected chi connectivity index (χ0v) is 24.8. The molecule has 3 aliphatic rings. The normalized spacial score (nSPS) is 30.1. The topological polar surface area (TPSA) is 146 Å². The number of hydrogen-bond donors (Lipinski definition) is 0. The van der Waals surface area contributed by atoms with Crippen molar-refractivity contribution in [1.29, 1.82) is 0 Å². The minimum atomic E-state index is -2.12. The first-order chi connectivity index (χ1) is 19.7. The molecule has 3 heterocycles. The van der Waals surface area contributed by atoms with Crippen molar-refractivity contribution in [3.8, 4) is 0 Å². The Kier molecular flexibility index (Phi) is 9.19. The molecule has 0 saturated carbocycles. The van der Waals surface area contributed by atoms with Crippen molar-refractivity contribution in [2.45, 2.75) is 72.1 Å². The van der Waals surface area contributed by atoms with Gasteiger partial charge in [-0.05, 0) is 25.2 Å². The van der Waals surface area contributed by atoms with E-state index in [0.29, 0.717) is 23.1 Å². The predicted molar refractivity (Wildman–Crippen MR) is 147 cm³/mol. The Balaban J connectivity index is 2.08. The van der Waals surface area contributed by atoms with Gasteiger partial charge in [0.25, 0.3) is 17.5 Å². The van der Waals surface area contributed by atoms with E-state index in [1.165, 1.54) is 6.08 Å². The molecule has 12 heteroatoms. The third-order valence-corrected chi connectivity index (χ3v) is 8.29. The predicted octanol–water partition coefficient (Wildman–Crippen LogP) is 3.10. The average Bonchev–Trinajstić information content (AvgIpc) is 3.36. The van der Waals surface area contributed by atoms with Crippen LogP contribution in [0.1, 0.15) is 60.8 Å². The molecule has 2 fully saturated rings. The fourth-order valence-corrected chi connectivity index (χ4v) is 6.27. The number of carbonyl (C=O) groups is 6. The van der Waals surface area contributed by atoms with Crippen molar-refractivity contribution >= 4 is 35.7 Å². The van der Waals surface area contributed by atoms with Gasteiger partial charge in [-0.25, -0.2) is 19.2 Å². The second kappa shape index (κ2) is 11.9. The number of rotatable bonds is 10. The van der Waals surface area contributed by atoms with E-state index in [1.54, 1.807) is 27.7 Å². The van der Waals surface area contributed by atoms with Crippen LogP contribution in [0.15, 0.2) is 49.1 Å². The van der Waals surface area contributed by atoms with E-state index in [4.69, 9.17) is 19.1 Å². The van der Waals surface area contributed by atoms with E-state index in [0.717, 1.165) is 23.3 Å². The molecule has 3 aliphatic heterocycles. The highest BCUT2D eigenvalue weighted by atomic mass is 16.8. The Bertz CT molecular complexity index is 1270. The quantitative estimate of drug-likeness (QED) is 0.213. The summed E-state index contributed by atoms with van der Waals surface area (Å²) in [7, 11) is 0. The summed E-state index contributed by atoms with van der Waals surface area (Å²) in [6.07, 6.45) is 5.15. The van der Waals surface area contributed by atoms with E-state index >= 15 is 0 Å². The van der Waals surface area contributed by atoms with Gasteiger partial charge in [-0.1, -0.05) is 59.8 Å². The number of hydrogen-bond acceptors (Lipinski definition) is 10. The minimum Gasteiger partial charge on any atom is -0.448 e. The van der Waals surface area contributed by atoms with Gasteiger partial charge in [-0.15, -0.1) is 11.6 Å². The van der Waals surface area contributed by atoms with Crippen molar-refractivity contribution in [2.24, 2.45) is 23.2 Å². The van der Waals surface area contributed by atoms with Crippen LogP contribution < -0.4 is 0 Å². The molecule has 2 amide bonds. The Labute approximate surface area is 244 Å². The largest absolute Gasteiger partial charge is 0.448 e. The second-order valence-electron chi connectivity index (χ2n) is 11.0. The van der Waals surface area contributed by atoms with Gasteiger partial charge in [0.2, 0.25) is 0 Å². The lowest BCUT2D eigenvalue weighted by Crippen LogP contribution is -2.69. The summed E-state index contributed by atoms with van der Waals surface area (Å²) in [5, 5.41) is 1.53. The van der Waals surface area contributed by atoms with Crippen LogP contribution in [0.4, 0.5) is 0 Å². The van der Waals surface area contributed by atoms with Crippen molar-refractivity contribution < 1.29 is 47.9 Å². The first kappa shape index (κ1) is 32.3. The molecule has 2 saturated heterocycles. The molecule has 0 N–H and O–H groups in total. The third-order valence-electron chi connectivity index (χ3n) is 8.29. The number of fused-ring (bicyclic) bond motifs is 1. The maximum absolute atomic E-state index is 14.5. The molecule has 228 valence electrons. The molecular formula is C30H38N2O10. The van der Waals surface area contributed by atoms with E-state index in [1.807, 2.05) is 13.8 Å². The van der Waals surface area contributed by atoms with Gasteiger partial charge in [0.05, 0.1) is 12.5 Å². The third kappa shape index (κ3) is 4.82. The zero-order valence-electron chi connectivity index (χ0n) is 24.8. The summed E-state index contributed by atoms with van der Waals surface area (Å²) >= 11 is 0. The number of ether oxygens (including phenoxy) is 2. The molecule has 0 aliphatic carbocycles. The smallest absolute Gasteiger partial charge is 0.356 e. The fourth-order valence-electron chi connectivity index (χ4n) is 6.27. The first-order valence-electron chi connectivity index (χ1n) is 13.9. The van der Waals surface area contributed by atoms with Gasteiger partial charge in [-0.3, -0.25) is 9.59 Å². The summed E-state index contributed by atoms with van der Waals surface area (Å²) in [6, 6.07) is 0. The maximum Gasteiger partial charge on any atom is 0.356 e. The highest BCUT2D eigenvalue weighted by Gasteiger charge is 2.82. The van der Waals surface area contributed by atoms with E-state index < -0.39 is 64.3 Å². The van der Waals surface area contributed by atoms with Crippen molar-refractivity contribution in [3.05, 3.63) is 49.1 Å². The van der Waals surface area contributed by atoms with Gasteiger partial charge in [0.1, 0.15) is 5.41 Å². The van der Waals surface area contributed by atoms with Gasteiger partial charge in [0, 0.05) is 30.2 Å². The lowest BCUT2D eigenvalue weighted by molar-refractivity contribution is -0.317. The minimum absolute atomic E-state index is 0.0187. The fraction of sp³-hybridized carbons (Fsp3) is 0.533. The molecular weight excluding hydrogens is 548 g/mol. The van der Waals surface area contributed by atoms with Crippen LogP contribution >= 0.6 is 0 Å². The standard InChI is InChI=1S/C30H38N2O10/c1-9-21-16-17-31(26(21)37)41-24(35)14-15-25(36)42-32-27(38)28(10-2,20(8)18(4)5)29(11-3)30(32,19(6)7)40-23(34)13-12-22(33)39-29/h9,12-15,18-19,21H,1,8,10-11,16-17H2,2-7H3/b13-12+,15-14+. The van der Waals surface area contributed by atoms with Gasteiger partial charge >= 0.3 is 23.9 Å². The summed E-state index contributed by atoms with van der Waals surface area (Å²) in [6.45, 7) is 18.2. The molecule has 4 unspecified atom stereocenters. The molecule has 42 heavy (non-hydrogen) atoms. The summed E-state index contributed by atoms with van der Waals surface area (Å²) in [5.74, 6) is -6.86. The number of carbonyl (C=O) groups excluding carboxylic acids is 6. The highest BCUT2D eigenvalue weighted by molar-refractivity contribution is 5.98. The van der Waals surface area contributed by atoms with Crippen LogP contribution in [0.25, 0.3) is 0 Å². The Morgan fingerprint density at radius 3 is 2.05 bits per heavy atom. The SMILES string of the molecule is C=CC1CCN(OC(=O)/C=C/C(=O)ON2C(=O)C(CC)(C(=C)C(C)C)C3(CC)OC(=O)/C=C/C(=O)OC23C(C)C)C1=O. The summed E-state index contributed by atoms with van der Waals surface area (Å²) in [5.41, 5.74) is -5.25. The number of nitrogens with zero attached hydrogens (tertiary/aromatic N) is 2. The van der Waals surface area contributed by atoms with Gasteiger partial charge in [0.15, 0.2) is 5.60 Å². The van der Waals surface area contributed by atoms with E-state index in [2.05, 4.69) is 13.2 Å². The van der Waals surface area contributed by atoms with Crippen molar-refractivity contribution in [1.82, 2.24) is 10.1 Å². The molecule has 3 rings (SSSR count). The Morgan fingerprint density at radius 2 is 1.57 bits per heavy atom. The average molecular weight is 587 g/mol.